The molecule has 0 bridgehead atoms. The number of guanidine groups is 1. The van der Waals surface area contributed by atoms with Gasteiger partial charge in [-0.1, -0.05) is 29.8 Å². The number of benzene rings is 1. The van der Waals surface area contributed by atoms with Crippen molar-refractivity contribution in [3.8, 4) is 0 Å². The molecule has 1 aromatic carbocycles. The van der Waals surface area contributed by atoms with E-state index in [4.69, 9.17) is 11.6 Å². The molecule has 26 heavy (non-hydrogen) atoms. The lowest BCUT2D eigenvalue weighted by Gasteiger charge is -2.19. The molecule has 1 unspecified atom stereocenters. The van der Waals surface area contributed by atoms with Crippen molar-refractivity contribution >= 4 is 28.9 Å². The summed E-state index contributed by atoms with van der Waals surface area (Å²) in [5.41, 5.74) is 0.0911. The average Bonchev–Trinajstić information content (AvgIpc) is 3.04. The molecule has 0 aliphatic carbocycles. The second-order valence-electron chi connectivity index (χ2n) is 5.52. The smallest absolute Gasteiger partial charge is 0.357 e. The number of rotatable bonds is 6. The molecule has 0 amide bonds. The lowest BCUT2D eigenvalue weighted by atomic mass is 10.1. The number of halogens is 4. The quantitative estimate of drug-likeness (QED) is 0.543. The molecule has 0 saturated heterocycles. The van der Waals surface area contributed by atoms with Gasteiger partial charge in [-0.2, -0.15) is 13.2 Å². The summed E-state index contributed by atoms with van der Waals surface area (Å²) in [6.45, 7) is 4.89. The molecular weight excluding hydrogens is 385 g/mol. The Hall–Kier alpha value is -1.80. The number of nitrogens with zero attached hydrogens (tertiary/aromatic N) is 2. The van der Waals surface area contributed by atoms with Crippen LogP contribution in [0.15, 0.2) is 34.6 Å². The maximum absolute atomic E-state index is 12.6. The van der Waals surface area contributed by atoms with E-state index in [9.17, 15) is 13.2 Å². The van der Waals surface area contributed by atoms with E-state index in [1.54, 1.807) is 0 Å². The highest BCUT2D eigenvalue weighted by Crippen LogP contribution is 2.30. The topological polar surface area (TPSA) is 49.3 Å². The van der Waals surface area contributed by atoms with Gasteiger partial charge in [0, 0.05) is 29.9 Å². The minimum Gasteiger partial charge on any atom is -0.357 e. The fourth-order valence-corrected chi connectivity index (χ4v) is 3.34. The molecule has 0 aliphatic heterocycles. The minimum absolute atomic E-state index is 0.0711. The second-order valence-corrected chi connectivity index (χ2v) is 6.87. The van der Waals surface area contributed by atoms with Crippen LogP contribution in [0.1, 0.15) is 36.2 Å². The molecule has 9 heteroatoms. The van der Waals surface area contributed by atoms with Crippen molar-refractivity contribution in [2.75, 3.05) is 13.1 Å². The number of hydrogen-bond donors (Lipinski definition) is 2. The molecule has 0 spiro atoms. The summed E-state index contributed by atoms with van der Waals surface area (Å²) < 4.78 is 37.7. The largest absolute Gasteiger partial charge is 0.434 e. The molecular formula is C17H20ClF3N4S. The third-order valence-corrected chi connectivity index (χ3v) is 4.76. The number of aliphatic imine (C=N–C) groups is 1. The zero-order valence-electron chi connectivity index (χ0n) is 14.4. The van der Waals surface area contributed by atoms with Crippen LogP contribution < -0.4 is 10.6 Å². The lowest BCUT2D eigenvalue weighted by Crippen LogP contribution is -2.39. The van der Waals surface area contributed by atoms with Crippen molar-refractivity contribution in [1.82, 2.24) is 15.6 Å². The van der Waals surface area contributed by atoms with Crippen LogP contribution in [0, 0.1) is 0 Å². The lowest BCUT2D eigenvalue weighted by molar-refractivity contribution is -0.140. The van der Waals surface area contributed by atoms with Crippen LogP contribution in [-0.4, -0.2) is 24.0 Å². The van der Waals surface area contributed by atoms with Gasteiger partial charge in [0.1, 0.15) is 0 Å². The van der Waals surface area contributed by atoms with Crippen molar-refractivity contribution in [2.45, 2.75) is 32.5 Å². The van der Waals surface area contributed by atoms with Gasteiger partial charge in [0.2, 0.25) is 0 Å². The van der Waals surface area contributed by atoms with Crippen LogP contribution in [0.4, 0.5) is 13.2 Å². The van der Waals surface area contributed by atoms with E-state index in [0.717, 1.165) is 22.3 Å². The minimum atomic E-state index is -4.40. The summed E-state index contributed by atoms with van der Waals surface area (Å²) in [5, 5.41) is 8.47. The maximum atomic E-state index is 12.6. The summed E-state index contributed by atoms with van der Waals surface area (Å²) >= 11 is 7.20. The Morgan fingerprint density at radius 3 is 2.69 bits per heavy atom. The Labute approximate surface area is 159 Å². The highest BCUT2D eigenvalue weighted by Gasteiger charge is 2.33. The standard InChI is InChI=1S/C17H20ClF3N4S/c1-3-22-16(24-11(2)12-6-4-5-7-13(12)18)23-9-8-15-25-14(10-26-15)17(19,20)21/h4-7,10-11H,3,8-9H2,1-2H3,(H2,22,23,24). The third kappa shape index (κ3) is 5.88. The fraction of sp³-hybridized carbons (Fsp3) is 0.412. The van der Waals surface area contributed by atoms with E-state index in [2.05, 4.69) is 20.6 Å². The maximum Gasteiger partial charge on any atom is 0.434 e. The summed E-state index contributed by atoms with van der Waals surface area (Å²) in [6, 6.07) is 7.45. The van der Waals surface area contributed by atoms with E-state index >= 15 is 0 Å². The Morgan fingerprint density at radius 2 is 2.08 bits per heavy atom. The van der Waals surface area contributed by atoms with Crippen molar-refractivity contribution < 1.29 is 13.2 Å². The third-order valence-electron chi connectivity index (χ3n) is 3.51. The van der Waals surface area contributed by atoms with Gasteiger partial charge in [-0.3, -0.25) is 4.99 Å². The summed E-state index contributed by atoms with van der Waals surface area (Å²) in [5.74, 6) is 0.576. The van der Waals surface area contributed by atoms with Crippen LogP contribution in [0.3, 0.4) is 0 Å². The number of thiazole rings is 1. The van der Waals surface area contributed by atoms with Gasteiger partial charge in [0.15, 0.2) is 11.7 Å². The van der Waals surface area contributed by atoms with Crippen LogP contribution in [0.5, 0.6) is 0 Å². The van der Waals surface area contributed by atoms with Crippen LogP contribution >= 0.6 is 22.9 Å². The predicted molar refractivity (Wildman–Crippen MR) is 99.8 cm³/mol. The first-order valence-electron chi connectivity index (χ1n) is 8.12. The molecule has 1 heterocycles. The van der Waals surface area contributed by atoms with Crippen molar-refractivity contribution in [3.05, 3.63) is 50.9 Å². The van der Waals surface area contributed by atoms with Gasteiger partial charge in [0.05, 0.1) is 11.0 Å². The van der Waals surface area contributed by atoms with Gasteiger partial charge < -0.3 is 10.6 Å². The molecule has 2 aromatic rings. The Kier molecular flexibility index (Phi) is 7.28. The normalized spacial score (nSPS) is 13.5. The zero-order chi connectivity index (χ0) is 19.2. The number of hydrogen-bond acceptors (Lipinski definition) is 3. The fourth-order valence-electron chi connectivity index (χ4n) is 2.25. The molecule has 0 saturated carbocycles. The zero-order valence-corrected chi connectivity index (χ0v) is 16.0. The number of alkyl halides is 3. The molecule has 0 fully saturated rings. The predicted octanol–water partition coefficient (Wildman–Crippen LogP) is 4.67. The van der Waals surface area contributed by atoms with E-state index < -0.39 is 11.9 Å². The molecule has 1 atom stereocenters. The van der Waals surface area contributed by atoms with Gasteiger partial charge in [-0.25, -0.2) is 4.98 Å². The highest BCUT2D eigenvalue weighted by atomic mass is 35.5. The molecule has 4 nitrogen and oxygen atoms in total. The Bertz CT molecular complexity index is 746. The summed E-state index contributed by atoms with van der Waals surface area (Å²) in [4.78, 5) is 8.02. The van der Waals surface area contributed by atoms with Crippen LogP contribution in [-0.2, 0) is 12.6 Å². The van der Waals surface area contributed by atoms with Gasteiger partial charge in [-0.15, -0.1) is 11.3 Å². The Morgan fingerprint density at radius 1 is 1.35 bits per heavy atom. The van der Waals surface area contributed by atoms with Crippen molar-refractivity contribution in [3.63, 3.8) is 0 Å². The first-order valence-corrected chi connectivity index (χ1v) is 9.38. The van der Waals surface area contributed by atoms with Crippen LogP contribution in [0.25, 0.3) is 0 Å². The molecule has 0 aliphatic rings. The van der Waals surface area contributed by atoms with Crippen molar-refractivity contribution in [1.29, 1.82) is 0 Å². The number of aromatic nitrogens is 1. The summed E-state index contributed by atoms with van der Waals surface area (Å²) in [6.07, 6.45) is -4.06. The first-order chi connectivity index (χ1) is 12.3. The molecule has 1 aromatic heterocycles. The Balaban J connectivity index is 1.98. The molecule has 2 N–H and O–H groups in total. The SMILES string of the molecule is CCNC(=NCCc1nc(C(F)(F)F)cs1)NC(C)c1ccccc1Cl. The van der Waals surface area contributed by atoms with Gasteiger partial charge in [0.25, 0.3) is 0 Å². The average molecular weight is 405 g/mol. The van der Waals surface area contributed by atoms with Gasteiger partial charge in [-0.05, 0) is 25.5 Å². The second kappa shape index (κ2) is 9.23. The molecule has 0 radical (unpaired) electrons. The van der Waals surface area contributed by atoms with E-state index in [1.165, 1.54) is 0 Å². The van der Waals surface area contributed by atoms with E-state index in [0.29, 0.717) is 35.5 Å². The molecule has 2 rings (SSSR count). The molecule has 142 valence electrons. The first kappa shape index (κ1) is 20.5. The van der Waals surface area contributed by atoms with E-state index in [-0.39, 0.29) is 6.04 Å². The van der Waals surface area contributed by atoms with Crippen molar-refractivity contribution in [2.24, 2.45) is 4.99 Å². The van der Waals surface area contributed by atoms with Crippen LogP contribution in [0.2, 0.25) is 5.02 Å². The highest BCUT2D eigenvalue weighted by molar-refractivity contribution is 7.09. The van der Waals surface area contributed by atoms with E-state index in [1.807, 2.05) is 38.1 Å². The monoisotopic (exact) mass is 404 g/mol. The number of nitrogens with one attached hydrogen (secondary N) is 2. The summed E-state index contributed by atoms with van der Waals surface area (Å²) in [7, 11) is 0. The van der Waals surface area contributed by atoms with Gasteiger partial charge >= 0.3 is 6.18 Å².